The van der Waals surface area contributed by atoms with E-state index in [1.54, 1.807) is 6.92 Å². The number of ether oxygens (including phenoxy) is 1. The first kappa shape index (κ1) is 16.7. The summed E-state index contributed by atoms with van der Waals surface area (Å²) in [5.74, 6) is 0.995. The second-order valence-electron chi connectivity index (χ2n) is 7.45. The fourth-order valence-corrected chi connectivity index (χ4v) is 2.74. The Morgan fingerprint density at radius 2 is 1.60 bits per heavy atom. The standard InChI is InChI=1S/C18H28O2/c1-14(19)11-12-20-16-9-7-15(8-10-16)18(5,6)13-17(2,3)4/h7-10H,11-13H2,1-6H3. The summed E-state index contributed by atoms with van der Waals surface area (Å²) in [6.07, 6.45) is 1.60. The van der Waals surface area contributed by atoms with Crippen molar-refractivity contribution >= 4 is 5.78 Å². The minimum absolute atomic E-state index is 0.149. The Morgan fingerprint density at radius 1 is 1.05 bits per heavy atom. The molecule has 0 aromatic heterocycles. The molecule has 20 heavy (non-hydrogen) atoms. The molecule has 0 heterocycles. The van der Waals surface area contributed by atoms with E-state index in [1.807, 2.05) is 12.1 Å². The zero-order chi connectivity index (χ0) is 15.4. The summed E-state index contributed by atoms with van der Waals surface area (Å²) < 4.78 is 5.56. The molecule has 0 bridgehead atoms. The Morgan fingerprint density at radius 3 is 2.05 bits per heavy atom. The first-order valence-corrected chi connectivity index (χ1v) is 7.33. The molecule has 0 unspecified atom stereocenters. The molecule has 0 amide bonds. The summed E-state index contributed by atoms with van der Waals surface area (Å²) in [5.41, 5.74) is 1.78. The molecular weight excluding hydrogens is 248 g/mol. The minimum Gasteiger partial charge on any atom is -0.493 e. The third kappa shape index (κ3) is 5.77. The summed E-state index contributed by atoms with van der Waals surface area (Å²) in [7, 11) is 0. The Balaban J connectivity index is 2.68. The van der Waals surface area contributed by atoms with Crippen LogP contribution in [0.25, 0.3) is 0 Å². The lowest BCUT2D eigenvalue weighted by Gasteiger charge is -2.33. The Hall–Kier alpha value is -1.31. The SMILES string of the molecule is CC(=O)CCOc1ccc(C(C)(C)CC(C)(C)C)cc1. The fraction of sp³-hybridized carbons (Fsp3) is 0.611. The molecular formula is C18H28O2. The Labute approximate surface area is 123 Å². The van der Waals surface area contributed by atoms with E-state index in [0.717, 1.165) is 12.2 Å². The first-order chi connectivity index (χ1) is 9.10. The van der Waals surface area contributed by atoms with Crippen molar-refractivity contribution in [1.82, 2.24) is 0 Å². The quantitative estimate of drug-likeness (QED) is 0.749. The predicted molar refractivity (Wildman–Crippen MR) is 84.3 cm³/mol. The van der Waals surface area contributed by atoms with Gasteiger partial charge in [-0.3, -0.25) is 4.79 Å². The zero-order valence-corrected chi connectivity index (χ0v) is 13.7. The van der Waals surface area contributed by atoms with Gasteiger partial charge < -0.3 is 4.74 Å². The van der Waals surface area contributed by atoms with Gasteiger partial charge in [-0.15, -0.1) is 0 Å². The average Bonchev–Trinajstić information content (AvgIpc) is 2.26. The maximum absolute atomic E-state index is 10.9. The average molecular weight is 276 g/mol. The molecule has 1 rings (SSSR count). The van der Waals surface area contributed by atoms with Crippen LogP contribution in [0, 0.1) is 5.41 Å². The van der Waals surface area contributed by atoms with Crippen LogP contribution in [0.4, 0.5) is 0 Å². The normalized spacial score (nSPS) is 12.3. The van der Waals surface area contributed by atoms with Gasteiger partial charge in [0, 0.05) is 6.42 Å². The van der Waals surface area contributed by atoms with E-state index in [0.29, 0.717) is 18.4 Å². The minimum atomic E-state index is 0.149. The van der Waals surface area contributed by atoms with Crippen molar-refractivity contribution in [2.75, 3.05) is 6.61 Å². The molecule has 112 valence electrons. The van der Waals surface area contributed by atoms with Gasteiger partial charge in [-0.1, -0.05) is 46.8 Å². The lowest BCUT2D eigenvalue weighted by Crippen LogP contribution is -2.24. The molecule has 0 fully saturated rings. The topological polar surface area (TPSA) is 26.3 Å². The van der Waals surface area contributed by atoms with Gasteiger partial charge in [0.2, 0.25) is 0 Å². The summed E-state index contributed by atoms with van der Waals surface area (Å²) in [5, 5.41) is 0. The third-order valence-corrected chi connectivity index (χ3v) is 3.33. The number of carbonyl (C=O) groups excluding carboxylic acids is 1. The summed E-state index contributed by atoms with van der Waals surface area (Å²) in [4.78, 5) is 10.9. The summed E-state index contributed by atoms with van der Waals surface area (Å²) in [6.45, 7) is 13.4. The summed E-state index contributed by atoms with van der Waals surface area (Å²) in [6, 6.07) is 8.27. The highest BCUT2D eigenvalue weighted by Crippen LogP contribution is 2.36. The van der Waals surface area contributed by atoms with Crippen molar-refractivity contribution in [3.05, 3.63) is 29.8 Å². The highest BCUT2D eigenvalue weighted by Gasteiger charge is 2.27. The van der Waals surface area contributed by atoms with Crippen molar-refractivity contribution < 1.29 is 9.53 Å². The van der Waals surface area contributed by atoms with Crippen LogP contribution in [0.1, 0.15) is 59.9 Å². The Bertz CT molecular complexity index is 435. The maximum Gasteiger partial charge on any atom is 0.133 e. The van der Waals surface area contributed by atoms with Gasteiger partial charge in [0.1, 0.15) is 11.5 Å². The molecule has 0 aliphatic carbocycles. The second-order valence-corrected chi connectivity index (χ2v) is 7.45. The van der Waals surface area contributed by atoms with Gasteiger partial charge in [-0.05, 0) is 41.9 Å². The smallest absolute Gasteiger partial charge is 0.133 e. The number of hydrogen-bond acceptors (Lipinski definition) is 2. The first-order valence-electron chi connectivity index (χ1n) is 7.33. The van der Waals surface area contributed by atoms with Crippen LogP contribution in [0.3, 0.4) is 0 Å². The van der Waals surface area contributed by atoms with Crippen LogP contribution >= 0.6 is 0 Å². The number of hydrogen-bond donors (Lipinski definition) is 0. The van der Waals surface area contributed by atoms with Crippen molar-refractivity contribution in [2.24, 2.45) is 5.41 Å². The van der Waals surface area contributed by atoms with E-state index in [9.17, 15) is 4.79 Å². The lowest BCUT2D eigenvalue weighted by atomic mass is 9.72. The van der Waals surface area contributed by atoms with Crippen molar-refractivity contribution in [1.29, 1.82) is 0 Å². The molecule has 0 saturated carbocycles. The summed E-state index contributed by atoms with van der Waals surface area (Å²) >= 11 is 0. The van der Waals surface area contributed by atoms with Gasteiger partial charge in [-0.2, -0.15) is 0 Å². The van der Waals surface area contributed by atoms with Crippen LogP contribution in [-0.2, 0) is 10.2 Å². The number of rotatable bonds is 6. The Kier molecular flexibility index (Phi) is 5.38. The lowest BCUT2D eigenvalue weighted by molar-refractivity contribution is -0.117. The number of benzene rings is 1. The van der Waals surface area contributed by atoms with Crippen LogP contribution in [-0.4, -0.2) is 12.4 Å². The molecule has 1 aromatic rings. The molecule has 0 N–H and O–H groups in total. The molecule has 0 spiro atoms. The third-order valence-electron chi connectivity index (χ3n) is 3.33. The monoisotopic (exact) mass is 276 g/mol. The van der Waals surface area contributed by atoms with Crippen LogP contribution in [0.15, 0.2) is 24.3 Å². The van der Waals surface area contributed by atoms with E-state index in [1.165, 1.54) is 5.56 Å². The van der Waals surface area contributed by atoms with E-state index in [-0.39, 0.29) is 11.2 Å². The van der Waals surface area contributed by atoms with Gasteiger partial charge in [-0.25, -0.2) is 0 Å². The van der Waals surface area contributed by atoms with Crippen molar-refractivity contribution in [3.8, 4) is 5.75 Å². The van der Waals surface area contributed by atoms with Crippen molar-refractivity contribution in [3.63, 3.8) is 0 Å². The number of carbonyl (C=O) groups is 1. The second kappa shape index (κ2) is 6.43. The maximum atomic E-state index is 10.9. The molecule has 0 radical (unpaired) electrons. The number of Topliss-reactive ketones (excluding diaryl/α,β-unsaturated/α-hetero) is 1. The molecule has 0 aliphatic rings. The van der Waals surface area contributed by atoms with Gasteiger partial charge in [0.15, 0.2) is 0 Å². The molecule has 2 heteroatoms. The predicted octanol–water partition coefficient (Wildman–Crippen LogP) is 4.76. The van der Waals surface area contributed by atoms with E-state index in [4.69, 9.17) is 4.74 Å². The van der Waals surface area contributed by atoms with Gasteiger partial charge in [0.05, 0.1) is 6.61 Å². The zero-order valence-electron chi connectivity index (χ0n) is 13.7. The molecule has 1 aromatic carbocycles. The van der Waals surface area contributed by atoms with E-state index in [2.05, 4.69) is 46.8 Å². The van der Waals surface area contributed by atoms with Gasteiger partial charge >= 0.3 is 0 Å². The molecule has 0 atom stereocenters. The fourth-order valence-electron chi connectivity index (χ4n) is 2.74. The van der Waals surface area contributed by atoms with Crippen LogP contribution < -0.4 is 4.74 Å². The highest BCUT2D eigenvalue weighted by molar-refractivity contribution is 5.75. The van der Waals surface area contributed by atoms with Gasteiger partial charge in [0.25, 0.3) is 0 Å². The van der Waals surface area contributed by atoms with E-state index < -0.39 is 0 Å². The highest BCUT2D eigenvalue weighted by atomic mass is 16.5. The number of ketones is 1. The van der Waals surface area contributed by atoms with Crippen LogP contribution in [0.2, 0.25) is 0 Å². The molecule has 2 nitrogen and oxygen atoms in total. The van der Waals surface area contributed by atoms with Crippen LogP contribution in [0.5, 0.6) is 5.75 Å². The molecule has 0 aliphatic heterocycles. The van der Waals surface area contributed by atoms with E-state index >= 15 is 0 Å². The molecule has 0 saturated heterocycles. The largest absolute Gasteiger partial charge is 0.493 e. The van der Waals surface area contributed by atoms with Crippen molar-refractivity contribution in [2.45, 2.75) is 59.8 Å².